The fraction of sp³-hybridized carbons (Fsp3) is 0.650. The van der Waals surface area contributed by atoms with E-state index >= 15 is 0 Å². The molecule has 0 aliphatic heterocycles. The third-order valence-electron chi connectivity index (χ3n) is 15.0. The third kappa shape index (κ3) is 72.7. The second-order valence-electron chi connectivity index (χ2n) is 24.9. The first-order valence-corrected chi connectivity index (χ1v) is 37.7. The molecule has 0 saturated heterocycles. The van der Waals surface area contributed by atoms with Crippen LogP contribution in [0.1, 0.15) is 284 Å². The van der Waals surface area contributed by atoms with Gasteiger partial charge in [-0.3, -0.25) is 18.6 Å². The zero-order chi connectivity index (χ0) is 65.5. The van der Waals surface area contributed by atoms with Gasteiger partial charge in [0.1, 0.15) is 19.8 Å². The van der Waals surface area contributed by atoms with Gasteiger partial charge in [0.15, 0.2) is 6.10 Å². The Balaban J connectivity index is 4.15. The first kappa shape index (κ1) is 85.6. The average Bonchev–Trinajstić information content (AvgIpc) is 3.58. The predicted octanol–water partition coefficient (Wildman–Crippen LogP) is 23.9. The molecule has 0 aliphatic rings. The van der Waals surface area contributed by atoms with Crippen molar-refractivity contribution in [3.8, 4) is 0 Å². The van der Waals surface area contributed by atoms with Crippen LogP contribution in [0.3, 0.4) is 0 Å². The number of hydrogen-bond donors (Lipinski definition) is 1. The lowest BCUT2D eigenvalue weighted by Gasteiger charge is -2.24. The van der Waals surface area contributed by atoms with Crippen LogP contribution in [-0.2, 0) is 32.7 Å². The fourth-order valence-electron chi connectivity index (χ4n) is 9.52. The van der Waals surface area contributed by atoms with Crippen molar-refractivity contribution >= 4 is 19.8 Å². The minimum Gasteiger partial charge on any atom is -0.462 e. The summed E-state index contributed by atoms with van der Waals surface area (Å²) in [4.78, 5) is 35.9. The SMILES string of the molecule is CC/C=C\C/C=C\C/C=C\C/C=C\C/C=C\C/C=C\C/C=C\C/C=C\C/C=C\C/C=C\CCCCC(=O)OC(COC(=O)CCCCCCCCCCCCCCCCCCCC/C=C\C/C=C\C/C=C\CCCCCCC)COP(=O)(O)OCC[N+](C)(C)C. The summed E-state index contributed by atoms with van der Waals surface area (Å²) in [6, 6.07) is 0. The number of ether oxygens (including phenoxy) is 2. The Morgan fingerprint density at radius 3 is 0.967 bits per heavy atom. The Labute approximate surface area is 554 Å². The van der Waals surface area contributed by atoms with Crippen LogP contribution in [0, 0.1) is 0 Å². The van der Waals surface area contributed by atoms with Crippen LogP contribution < -0.4 is 0 Å². The molecule has 0 bridgehead atoms. The summed E-state index contributed by atoms with van der Waals surface area (Å²) in [5.41, 5.74) is 0. The maximum Gasteiger partial charge on any atom is 0.472 e. The molecule has 9 nitrogen and oxygen atoms in total. The second-order valence-corrected chi connectivity index (χ2v) is 26.3. The largest absolute Gasteiger partial charge is 0.472 e. The van der Waals surface area contributed by atoms with Crippen LogP contribution in [0.15, 0.2) is 158 Å². The van der Waals surface area contributed by atoms with E-state index in [-0.39, 0.29) is 32.0 Å². The minimum atomic E-state index is -4.42. The molecule has 0 heterocycles. The second kappa shape index (κ2) is 69.0. The van der Waals surface area contributed by atoms with Crippen LogP contribution >= 0.6 is 7.82 Å². The topological polar surface area (TPSA) is 108 Å². The van der Waals surface area contributed by atoms with Crippen molar-refractivity contribution in [2.24, 2.45) is 0 Å². The predicted molar refractivity (Wildman–Crippen MR) is 390 cm³/mol. The summed E-state index contributed by atoms with van der Waals surface area (Å²) >= 11 is 0. The number of hydrogen-bond acceptors (Lipinski definition) is 7. The van der Waals surface area contributed by atoms with Gasteiger partial charge in [-0.05, 0) is 128 Å². The number of phosphoric acid groups is 1. The van der Waals surface area contributed by atoms with E-state index in [2.05, 4.69) is 172 Å². The van der Waals surface area contributed by atoms with Crippen molar-refractivity contribution in [3.05, 3.63) is 158 Å². The molecule has 0 amide bonds. The van der Waals surface area contributed by atoms with Crippen LogP contribution in [0.2, 0.25) is 0 Å². The van der Waals surface area contributed by atoms with Crippen molar-refractivity contribution in [3.63, 3.8) is 0 Å². The van der Waals surface area contributed by atoms with Crippen LogP contribution in [0.4, 0.5) is 0 Å². The van der Waals surface area contributed by atoms with Crippen molar-refractivity contribution in [1.29, 1.82) is 0 Å². The van der Waals surface area contributed by atoms with Gasteiger partial charge in [0, 0.05) is 12.8 Å². The third-order valence-corrected chi connectivity index (χ3v) is 16.0. The number of unbranched alkanes of at least 4 members (excludes halogenated alkanes) is 25. The fourth-order valence-corrected chi connectivity index (χ4v) is 10.3. The summed E-state index contributed by atoms with van der Waals surface area (Å²) < 4.78 is 34.7. The number of phosphoric ester groups is 1. The van der Waals surface area contributed by atoms with Gasteiger partial charge in [0.05, 0.1) is 27.7 Å². The van der Waals surface area contributed by atoms with Crippen LogP contribution in [0.25, 0.3) is 0 Å². The van der Waals surface area contributed by atoms with E-state index in [1.165, 1.54) is 141 Å². The van der Waals surface area contributed by atoms with Crippen molar-refractivity contribution < 1.29 is 42.1 Å². The zero-order valence-electron chi connectivity index (χ0n) is 58.3. The number of likely N-dealkylation sites (N-methyl/N-ethyl adjacent to an activating group) is 1. The molecule has 0 radical (unpaired) electrons. The molecule has 512 valence electrons. The Hall–Kier alpha value is -4.37. The molecule has 0 saturated carbocycles. The van der Waals surface area contributed by atoms with Gasteiger partial charge in [-0.15, -0.1) is 0 Å². The van der Waals surface area contributed by atoms with Gasteiger partial charge in [-0.1, -0.05) is 300 Å². The molecular weight excluding hydrogens is 1130 g/mol. The highest BCUT2D eigenvalue weighted by Crippen LogP contribution is 2.43. The van der Waals surface area contributed by atoms with E-state index in [0.29, 0.717) is 17.4 Å². The normalized spacial score (nSPS) is 14.1. The quantitative estimate of drug-likeness (QED) is 0.0211. The molecule has 2 unspecified atom stereocenters. The monoisotopic (exact) mass is 1270 g/mol. The Kier molecular flexibility index (Phi) is 65.6. The molecule has 0 aromatic heterocycles. The molecule has 0 aromatic carbocycles. The lowest BCUT2D eigenvalue weighted by atomic mass is 10.0. The molecule has 10 heteroatoms. The first-order chi connectivity index (χ1) is 44.0. The molecule has 0 fully saturated rings. The molecular formula is C80H135NO8P+. The van der Waals surface area contributed by atoms with Crippen molar-refractivity contribution in [1.82, 2.24) is 0 Å². The van der Waals surface area contributed by atoms with E-state index < -0.39 is 26.5 Å². The molecule has 0 aliphatic carbocycles. The van der Waals surface area contributed by atoms with E-state index in [1.54, 1.807) is 0 Å². The van der Waals surface area contributed by atoms with E-state index in [1.807, 2.05) is 21.1 Å². The summed E-state index contributed by atoms with van der Waals surface area (Å²) in [6.45, 7) is 4.26. The molecule has 1 N–H and O–H groups in total. The number of carbonyl (C=O) groups is 2. The number of esters is 2. The highest BCUT2D eigenvalue weighted by atomic mass is 31.2. The molecule has 2 atom stereocenters. The van der Waals surface area contributed by atoms with Crippen LogP contribution in [0.5, 0.6) is 0 Å². The summed E-state index contributed by atoms with van der Waals surface area (Å²) in [6.07, 6.45) is 104. The lowest BCUT2D eigenvalue weighted by molar-refractivity contribution is -0.870. The van der Waals surface area contributed by atoms with Gasteiger partial charge >= 0.3 is 19.8 Å². The zero-order valence-corrected chi connectivity index (χ0v) is 59.2. The number of allylic oxidation sites excluding steroid dienone is 26. The van der Waals surface area contributed by atoms with Crippen molar-refractivity contribution in [2.45, 2.75) is 290 Å². The Morgan fingerprint density at radius 2 is 0.633 bits per heavy atom. The highest BCUT2D eigenvalue weighted by molar-refractivity contribution is 7.47. The Morgan fingerprint density at radius 1 is 0.356 bits per heavy atom. The molecule has 0 aromatic rings. The van der Waals surface area contributed by atoms with Gasteiger partial charge in [-0.25, -0.2) is 4.57 Å². The number of quaternary nitrogens is 1. The lowest BCUT2D eigenvalue weighted by Crippen LogP contribution is -2.37. The Bertz CT molecular complexity index is 2080. The van der Waals surface area contributed by atoms with Crippen molar-refractivity contribution in [2.75, 3.05) is 47.5 Å². The van der Waals surface area contributed by atoms with Gasteiger partial charge in [-0.2, -0.15) is 0 Å². The van der Waals surface area contributed by atoms with Gasteiger partial charge < -0.3 is 18.9 Å². The standard InChI is InChI=1S/C80H134NO8P/c1-6-8-10-12-14-16-18-20-22-24-26-28-30-32-34-36-38-40-42-44-46-48-50-52-54-56-58-60-62-64-66-68-70-72-79(82)86-76-78(77-88-90(84,85)87-75-74-81(3,4)5)89-80(83)73-71-69-67-65-63-61-59-57-55-53-51-49-47-45-43-41-39-37-35-33-31-29-27-25-23-21-19-17-15-13-11-9-7-2/h9,11,15,17-18,20-21,23-24,26-27,29-30,32-33,35,39,41,45,47,51,53,57,59,63,65,78H,6-8,10,12-14,16,19,22,25,28,31,34,36-38,40,42-44,46,48-50,52,54-56,58,60-62,64,66-77H2,1-5H3/p+1/b11-9-,17-15-,20-18-,23-21-,26-24-,29-27-,32-30-,35-33-,41-39-,47-45-,53-51-,59-57-,65-63-. The maximum atomic E-state index is 12.9. The summed E-state index contributed by atoms with van der Waals surface area (Å²) in [5.74, 6) is -0.853. The smallest absolute Gasteiger partial charge is 0.462 e. The number of rotatable bonds is 65. The highest BCUT2D eigenvalue weighted by Gasteiger charge is 2.27. The number of carbonyl (C=O) groups excluding carboxylic acids is 2. The molecule has 0 spiro atoms. The molecule has 90 heavy (non-hydrogen) atoms. The van der Waals surface area contributed by atoms with E-state index in [4.69, 9.17) is 18.5 Å². The van der Waals surface area contributed by atoms with Gasteiger partial charge in [0.2, 0.25) is 0 Å². The summed E-state index contributed by atoms with van der Waals surface area (Å²) in [7, 11) is 1.43. The average molecular weight is 1270 g/mol. The summed E-state index contributed by atoms with van der Waals surface area (Å²) in [5, 5.41) is 0. The molecule has 0 rings (SSSR count). The first-order valence-electron chi connectivity index (χ1n) is 36.2. The van der Waals surface area contributed by atoms with Crippen LogP contribution in [-0.4, -0.2) is 74.9 Å². The number of nitrogens with zero attached hydrogens (tertiary/aromatic N) is 1. The minimum absolute atomic E-state index is 0.0154. The van der Waals surface area contributed by atoms with E-state index in [0.717, 1.165) is 109 Å². The van der Waals surface area contributed by atoms with Gasteiger partial charge in [0.25, 0.3) is 0 Å². The van der Waals surface area contributed by atoms with E-state index in [9.17, 15) is 19.0 Å². The maximum absolute atomic E-state index is 12.9.